The molecule has 2 aromatic carbocycles. The van der Waals surface area contributed by atoms with E-state index < -0.39 is 23.7 Å². The van der Waals surface area contributed by atoms with Crippen LogP contribution in [0.25, 0.3) is 6.08 Å². The first kappa shape index (κ1) is 18.2. The molecule has 1 atom stereocenters. The fourth-order valence-corrected chi connectivity index (χ4v) is 2.24. The molecule has 1 aliphatic rings. The number of hydrogen-bond donors (Lipinski definition) is 2. The van der Waals surface area contributed by atoms with Gasteiger partial charge in [-0.05, 0) is 42.8 Å². The van der Waals surface area contributed by atoms with Crippen molar-refractivity contribution in [2.75, 3.05) is 6.79 Å². The van der Waals surface area contributed by atoms with Crippen LogP contribution in [0.5, 0.6) is 17.2 Å². The normalized spacial score (nSPS) is 13.3. The molecule has 0 fully saturated rings. The summed E-state index contributed by atoms with van der Waals surface area (Å²) in [5.41, 5.74) is 5.18. The molecule has 0 aromatic heterocycles. The van der Waals surface area contributed by atoms with E-state index in [-0.39, 0.29) is 12.5 Å². The topological polar surface area (TPSA) is 85.9 Å². The molecule has 1 heterocycles. The Hall–Kier alpha value is -3.55. The summed E-state index contributed by atoms with van der Waals surface area (Å²) in [5, 5.41) is 0. The van der Waals surface area contributed by atoms with E-state index in [9.17, 15) is 14.0 Å². The predicted molar refractivity (Wildman–Crippen MR) is 94.4 cm³/mol. The van der Waals surface area contributed by atoms with E-state index >= 15 is 0 Å². The van der Waals surface area contributed by atoms with Gasteiger partial charge in [0.15, 0.2) is 29.2 Å². The van der Waals surface area contributed by atoms with E-state index in [2.05, 4.69) is 10.9 Å². The summed E-state index contributed by atoms with van der Waals surface area (Å²) in [6.45, 7) is 1.61. The molecule has 0 unspecified atom stereocenters. The zero-order valence-electron chi connectivity index (χ0n) is 14.4. The molecular weight excluding hydrogens is 355 g/mol. The second-order valence-electron chi connectivity index (χ2n) is 5.62. The number of halogens is 1. The van der Waals surface area contributed by atoms with E-state index in [1.807, 2.05) is 0 Å². The molecule has 0 saturated carbocycles. The number of amides is 2. The van der Waals surface area contributed by atoms with Gasteiger partial charge in [0.05, 0.1) is 0 Å². The fourth-order valence-electron chi connectivity index (χ4n) is 2.24. The lowest BCUT2D eigenvalue weighted by Crippen LogP contribution is -2.46. The summed E-state index contributed by atoms with van der Waals surface area (Å²) in [6.07, 6.45) is 1.81. The smallest absolute Gasteiger partial charge is 0.279 e. The van der Waals surface area contributed by atoms with Crippen LogP contribution in [0.2, 0.25) is 0 Å². The Bertz CT molecular complexity index is 884. The van der Waals surface area contributed by atoms with Crippen molar-refractivity contribution in [1.29, 1.82) is 0 Å². The number of fused-ring (bicyclic) bond motifs is 1. The van der Waals surface area contributed by atoms with Crippen molar-refractivity contribution < 1.29 is 28.2 Å². The fraction of sp³-hybridized carbons (Fsp3) is 0.158. The average Bonchev–Trinajstić information content (AvgIpc) is 3.14. The first-order valence-electron chi connectivity index (χ1n) is 8.11. The molecule has 140 valence electrons. The summed E-state index contributed by atoms with van der Waals surface area (Å²) in [5.74, 6) is -0.540. The maximum absolute atomic E-state index is 13.5. The van der Waals surface area contributed by atoms with E-state index in [1.54, 1.807) is 30.3 Å². The van der Waals surface area contributed by atoms with Crippen LogP contribution in [0.1, 0.15) is 12.5 Å². The Morgan fingerprint density at radius 2 is 1.93 bits per heavy atom. The van der Waals surface area contributed by atoms with Gasteiger partial charge in [-0.1, -0.05) is 18.2 Å². The predicted octanol–water partition coefficient (Wildman–Crippen LogP) is 2.18. The monoisotopic (exact) mass is 372 g/mol. The third-order valence-corrected chi connectivity index (χ3v) is 3.64. The van der Waals surface area contributed by atoms with Crippen LogP contribution in [0, 0.1) is 5.82 Å². The molecule has 0 spiro atoms. The second kappa shape index (κ2) is 8.22. The largest absolute Gasteiger partial charge is 0.478 e. The zero-order chi connectivity index (χ0) is 19.2. The van der Waals surface area contributed by atoms with E-state index in [4.69, 9.17) is 14.2 Å². The van der Waals surface area contributed by atoms with Crippen molar-refractivity contribution in [2.45, 2.75) is 13.0 Å². The van der Waals surface area contributed by atoms with Crippen LogP contribution in [-0.2, 0) is 9.59 Å². The molecule has 2 aromatic rings. The van der Waals surface area contributed by atoms with Crippen LogP contribution < -0.4 is 25.1 Å². The molecule has 0 aliphatic carbocycles. The minimum Gasteiger partial charge on any atom is -0.478 e. The van der Waals surface area contributed by atoms with Crippen molar-refractivity contribution in [2.24, 2.45) is 0 Å². The van der Waals surface area contributed by atoms with Crippen LogP contribution in [0.15, 0.2) is 48.5 Å². The number of rotatable bonds is 5. The molecule has 2 N–H and O–H groups in total. The Kier molecular flexibility index (Phi) is 5.55. The number of nitrogens with one attached hydrogen (secondary N) is 2. The molecule has 8 heteroatoms. The number of carbonyl (C=O) groups is 2. The second-order valence-corrected chi connectivity index (χ2v) is 5.62. The molecule has 1 aliphatic heterocycles. The van der Waals surface area contributed by atoms with Crippen molar-refractivity contribution in [3.63, 3.8) is 0 Å². The average molecular weight is 372 g/mol. The number of carbonyl (C=O) groups excluding carboxylic acids is 2. The Labute approximate surface area is 154 Å². The number of ether oxygens (including phenoxy) is 3. The van der Waals surface area contributed by atoms with Gasteiger partial charge in [0.25, 0.3) is 11.8 Å². The summed E-state index contributed by atoms with van der Waals surface area (Å²) in [6, 6.07) is 11.0. The summed E-state index contributed by atoms with van der Waals surface area (Å²) < 4.78 is 29.2. The minimum absolute atomic E-state index is 0.0471. The van der Waals surface area contributed by atoms with Gasteiger partial charge in [0.1, 0.15) is 0 Å². The lowest BCUT2D eigenvalue weighted by Gasteiger charge is -2.15. The van der Waals surface area contributed by atoms with Gasteiger partial charge in [-0.2, -0.15) is 0 Å². The summed E-state index contributed by atoms with van der Waals surface area (Å²) in [7, 11) is 0. The quantitative estimate of drug-likeness (QED) is 0.621. The van der Waals surface area contributed by atoms with Gasteiger partial charge in [-0.25, -0.2) is 4.39 Å². The number of hydrazine groups is 1. The molecule has 0 saturated heterocycles. The van der Waals surface area contributed by atoms with Crippen molar-refractivity contribution in [3.8, 4) is 17.2 Å². The zero-order valence-corrected chi connectivity index (χ0v) is 14.4. The highest BCUT2D eigenvalue weighted by atomic mass is 19.1. The maximum Gasteiger partial charge on any atom is 0.279 e. The van der Waals surface area contributed by atoms with Crippen molar-refractivity contribution in [3.05, 3.63) is 59.9 Å². The molecule has 3 rings (SSSR count). The van der Waals surface area contributed by atoms with Gasteiger partial charge < -0.3 is 14.2 Å². The Balaban J connectivity index is 1.48. The Morgan fingerprint density at radius 3 is 2.74 bits per heavy atom. The molecule has 27 heavy (non-hydrogen) atoms. The number of para-hydroxylation sites is 1. The first-order chi connectivity index (χ1) is 13.0. The molecule has 0 radical (unpaired) electrons. The van der Waals surface area contributed by atoms with Gasteiger partial charge in [-0.15, -0.1) is 0 Å². The highest BCUT2D eigenvalue weighted by Gasteiger charge is 2.16. The van der Waals surface area contributed by atoms with Crippen molar-refractivity contribution >= 4 is 17.9 Å². The maximum atomic E-state index is 13.5. The van der Waals surface area contributed by atoms with Gasteiger partial charge >= 0.3 is 0 Å². The number of hydrogen-bond acceptors (Lipinski definition) is 5. The van der Waals surface area contributed by atoms with Crippen LogP contribution in [0.4, 0.5) is 4.39 Å². The highest BCUT2D eigenvalue weighted by molar-refractivity contribution is 5.93. The standard InChI is InChI=1S/C19H17FN2O5/c1-12(27-15-5-3-2-4-14(15)20)19(24)22-21-18(23)9-7-13-6-8-16-17(10-13)26-11-25-16/h2-10,12H,11H2,1H3,(H,21,23)(H,22,24)/b9-7+/t12-/m0/s1. The lowest BCUT2D eigenvalue weighted by atomic mass is 10.2. The van der Waals surface area contributed by atoms with Crippen LogP contribution in [-0.4, -0.2) is 24.7 Å². The summed E-state index contributed by atoms with van der Waals surface area (Å²) in [4.78, 5) is 23.8. The van der Waals surface area contributed by atoms with Gasteiger partial charge in [-0.3, -0.25) is 20.4 Å². The SMILES string of the molecule is C[C@H](Oc1ccccc1F)C(=O)NNC(=O)/C=C/c1ccc2c(c1)OCO2. The van der Waals surface area contributed by atoms with E-state index in [0.29, 0.717) is 11.5 Å². The Morgan fingerprint density at radius 1 is 1.15 bits per heavy atom. The first-order valence-corrected chi connectivity index (χ1v) is 8.11. The summed E-state index contributed by atoms with van der Waals surface area (Å²) >= 11 is 0. The van der Waals surface area contributed by atoms with E-state index in [1.165, 1.54) is 31.2 Å². The molecule has 0 bridgehead atoms. The van der Waals surface area contributed by atoms with Crippen LogP contribution >= 0.6 is 0 Å². The van der Waals surface area contributed by atoms with Crippen LogP contribution in [0.3, 0.4) is 0 Å². The lowest BCUT2D eigenvalue weighted by molar-refractivity contribution is -0.131. The van der Waals surface area contributed by atoms with E-state index in [0.717, 1.165) is 5.56 Å². The number of benzene rings is 2. The third kappa shape index (κ3) is 4.75. The van der Waals surface area contributed by atoms with Gasteiger partial charge in [0, 0.05) is 6.08 Å². The van der Waals surface area contributed by atoms with Gasteiger partial charge in [0.2, 0.25) is 6.79 Å². The molecule has 7 nitrogen and oxygen atoms in total. The molecular formula is C19H17FN2O5. The van der Waals surface area contributed by atoms with Crippen molar-refractivity contribution in [1.82, 2.24) is 10.9 Å². The third-order valence-electron chi connectivity index (χ3n) is 3.64. The minimum atomic E-state index is -1.000. The molecule has 2 amide bonds. The highest BCUT2D eigenvalue weighted by Crippen LogP contribution is 2.32.